The normalized spacial score (nSPS) is 26.1. The highest BCUT2D eigenvalue weighted by Gasteiger charge is 2.23. The van der Waals surface area contributed by atoms with Crippen molar-refractivity contribution in [2.75, 3.05) is 20.1 Å². The van der Waals surface area contributed by atoms with Gasteiger partial charge in [0.1, 0.15) is 0 Å². The fourth-order valence-electron chi connectivity index (χ4n) is 2.54. The highest BCUT2D eigenvalue weighted by Crippen LogP contribution is 2.19. The van der Waals surface area contributed by atoms with Crippen LogP contribution in [0.2, 0.25) is 0 Å². The van der Waals surface area contributed by atoms with Gasteiger partial charge in [-0.05, 0) is 37.6 Å². The number of likely N-dealkylation sites (tertiary alicyclic amines) is 1. The third-order valence-electron chi connectivity index (χ3n) is 3.62. The summed E-state index contributed by atoms with van der Waals surface area (Å²) in [5, 5.41) is 3.69. The van der Waals surface area contributed by atoms with Crippen molar-refractivity contribution in [2.45, 2.75) is 25.9 Å². The van der Waals surface area contributed by atoms with Crippen LogP contribution < -0.4 is 5.32 Å². The van der Waals surface area contributed by atoms with Crippen LogP contribution in [0.15, 0.2) is 28.7 Å². The maximum Gasteiger partial charge on any atom is 0.0220 e. The molecule has 2 nitrogen and oxygen atoms in total. The topological polar surface area (TPSA) is 15.3 Å². The lowest BCUT2D eigenvalue weighted by molar-refractivity contribution is 0.174. The molecular formula is C14H21BrN2. The maximum atomic E-state index is 3.69. The quantitative estimate of drug-likeness (QED) is 0.923. The van der Waals surface area contributed by atoms with E-state index in [0.717, 1.165) is 12.5 Å². The predicted molar refractivity (Wildman–Crippen MR) is 76.0 cm³/mol. The minimum absolute atomic E-state index is 0.651. The van der Waals surface area contributed by atoms with Crippen molar-refractivity contribution in [3.8, 4) is 0 Å². The number of halogens is 1. The zero-order valence-electron chi connectivity index (χ0n) is 10.6. The lowest BCUT2D eigenvalue weighted by Crippen LogP contribution is -2.46. The molecule has 1 heterocycles. The summed E-state index contributed by atoms with van der Waals surface area (Å²) in [6.07, 6.45) is 1.25. The average Bonchev–Trinajstić information content (AvgIpc) is 2.30. The van der Waals surface area contributed by atoms with E-state index >= 15 is 0 Å². The Morgan fingerprint density at radius 2 is 2.18 bits per heavy atom. The number of nitrogens with one attached hydrogen (secondary N) is 1. The zero-order chi connectivity index (χ0) is 12.3. The van der Waals surface area contributed by atoms with E-state index in [2.05, 4.69) is 64.4 Å². The van der Waals surface area contributed by atoms with Gasteiger partial charge in [0.05, 0.1) is 0 Å². The Morgan fingerprint density at radius 1 is 1.41 bits per heavy atom. The van der Waals surface area contributed by atoms with Crippen molar-refractivity contribution < 1.29 is 0 Å². The third kappa shape index (κ3) is 3.54. The van der Waals surface area contributed by atoms with E-state index in [9.17, 15) is 0 Å². The molecule has 0 aromatic heterocycles. The minimum atomic E-state index is 0.651. The largest absolute Gasteiger partial charge is 0.310 e. The van der Waals surface area contributed by atoms with Gasteiger partial charge < -0.3 is 10.2 Å². The van der Waals surface area contributed by atoms with Gasteiger partial charge in [0, 0.05) is 23.6 Å². The first-order valence-electron chi connectivity index (χ1n) is 6.32. The molecule has 0 bridgehead atoms. The molecule has 1 aliphatic heterocycles. The fourth-order valence-corrected chi connectivity index (χ4v) is 2.97. The minimum Gasteiger partial charge on any atom is -0.310 e. The molecule has 94 valence electrons. The number of piperidine rings is 1. The van der Waals surface area contributed by atoms with Crippen LogP contribution in [-0.2, 0) is 6.54 Å². The van der Waals surface area contributed by atoms with Crippen molar-refractivity contribution >= 4 is 15.9 Å². The molecule has 3 heteroatoms. The van der Waals surface area contributed by atoms with E-state index in [1.54, 1.807) is 0 Å². The fraction of sp³-hybridized carbons (Fsp3) is 0.571. The molecule has 1 N–H and O–H groups in total. The first kappa shape index (κ1) is 13.1. The molecule has 1 aliphatic rings. The molecular weight excluding hydrogens is 276 g/mol. The van der Waals surface area contributed by atoms with E-state index in [4.69, 9.17) is 0 Å². The Labute approximate surface area is 113 Å². The lowest BCUT2D eigenvalue weighted by atomic mass is 9.94. The number of rotatable bonds is 3. The molecule has 0 spiro atoms. The highest BCUT2D eigenvalue weighted by atomic mass is 79.9. The SMILES string of the molecule is CC1CN(C)CCC1NCc1ccccc1Br. The lowest BCUT2D eigenvalue weighted by Gasteiger charge is -2.35. The first-order chi connectivity index (χ1) is 8.16. The van der Waals surface area contributed by atoms with Gasteiger partial charge in [-0.25, -0.2) is 0 Å². The number of benzene rings is 1. The van der Waals surface area contributed by atoms with Crippen LogP contribution >= 0.6 is 15.9 Å². The summed E-state index contributed by atoms with van der Waals surface area (Å²) in [7, 11) is 2.21. The highest BCUT2D eigenvalue weighted by molar-refractivity contribution is 9.10. The molecule has 1 saturated heterocycles. The van der Waals surface area contributed by atoms with E-state index in [-0.39, 0.29) is 0 Å². The summed E-state index contributed by atoms with van der Waals surface area (Å²) in [4.78, 5) is 2.42. The first-order valence-corrected chi connectivity index (χ1v) is 7.11. The Bertz CT molecular complexity index is 367. The van der Waals surface area contributed by atoms with Gasteiger partial charge >= 0.3 is 0 Å². The van der Waals surface area contributed by atoms with E-state index in [0.29, 0.717) is 6.04 Å². The molecule has 0 radical (unpaired) electrons. The van der Waals surface area contributed by atoms with Crippen LogP contribution in [0, 0.1) is 5.92 Å². The van der Waals surface area contributed by atoms with E-state index in [1.807, 2.05) is 0 Å². The van der Waals surface area contributed by atoms with Gasteiger partial charge in [0.25, 0.3) is 0 Å². The van der Waals surface area contributed by atoms with Crippen molar-refractivity contribution in [1.82, 2.24) is 10.2 Å². The Balaban J connectivity index is 1.88. The summed E-state index contributed by atoms with van der Waals surface area (Å²) >= 11 is 3.60. The predicted octanol–water partition coefficient (Wildman–Crippen LogP) is 2.88. The van der Waals surface area contributed by atoms with E-state index in [1.165, 1.54) is 29.5 Å². The Morgan fingerprint density at radius 3 is 2.88 bits per heavy atom. The molecule has 0 saturated carbocycles. The monoisotopic (exact) mass is 296 g/mol. The van der Waals surface area contributed by atoms with Gasteiger partial charge in [-0.1, -0.05) is 41.1 Å². The van der Waals surface area contributed by atoms with Gasteiger partial charge in [0.15, 0.2) is 0 Å². The van der Waals surface area contributed by atoms with Crippen LogP contribution in [0.3, 0.4) is 0 Å². The average molecular weight is 297 g/mol. The Kier molecular flexibility index (Phi) is 4.60. The standard InChI is InChI=1S/C14H21BrN2/c1-11-10-17(2)8-7-14(11)16-9-12-5-3-4-6-13(12)15/h3-6,11,14,16H,7-10H2,1-2H3. The molecule has 2 atom stereocenters. The van der Waals surface area contributed by atoms with Crippen molar-refractivity contribution in [3.63, 3.8) is 0 Å². The van der Waals surface area contributed by atoms with Crippen LogP contribution in [0.4, 0.5) is 0 Å². The van der Waals surface area contributed by atoms with Gasteiger partial charge in [-0.15, -0.1) is 0 Å². The molecule has 2 unspecified atom stereocenters. The molecule has 1 aromatic rings. The van der Waals surface area contributed by atoms with Gasteiger partial charge in [-0.3, -0.25) is 0 Å². The number of nitrogens with zero attached hydrogens (tertiary/aromatic N) is 1. The zero-order valence-corrected chi connectivity index (χ0v) is 12.2. The van der Waals surface area contributed by atoms with Crippen LogP contribution in [-0.4, -0.2) is 31.1 Å². The molecule has 1 aromatic carbocycles. The van der Waals surface area contributed by atoms with Crippen molar-refractivity contribution in [1.29, 1.82) is 0 Å². The van der Waals surface area contributed by atoms with Gasteiger partial charge in [0.2, 0.25) is 0 Å². The second kappa shape index (κ2) is 5.98. The second-order valence-electron chi connectivity index (χ2n) is 5.11. The summed E-state index contributed by atoms with van der Waals surface area (Å²) in [5.41, 5.74) is 1.35. The molecule has 0 amide bonds. The summed E-state index contributed by atoms with van der Waals surface area (Å²) in [6.45, 7) is 5.71. The van der Waals surface area contributed by atoms with Crippen LogP contribution in [0.1, 0.15) is 18.9 Å². The smallest absolute Gasteiger partial charge is 0.0220 e. The third-order valence-corrected chi connectivity index (χ3v) is 4.39. The van der Waals surface area contributed by atoms with E-state index < -0.39 is 0 Å². The number of hydrogen-bond donors (Lipinski definition) is 1. The van der Waals surface area contributed by atoms with Gasteiger partial charge in [-0.2, -0.15) is 0 Å². The molecule has 1 fully saturated rings. The summed E-state index contributed by atoms with van der Waals surface area (Å²) in [6, 6.07) is 9.09. The summed E-state index contributed by atoms with van der Waals surface area (Å²) < 4.78 is 1.20. The van der Waals surface area contributed by atoms with Crippen molar-refractivity contribution in [3.05, 3.63) is 34.3 Å². The van der Waals surface area contributed by atoms with Crippen molar-refractivity contribution in [2.24, 2.45) is 5.92 Å². The number of hydrogen-bond acceptors (Lipinski definition) is 2. The molecule has 17 heavy (non-hydrogen) atoms. The Hall–Kier alpha value is -0.380. The molecule has 2 rings (SSSR count). The van der Waals surface area contributed by atoms with Crippen LogP contribution in [0.25, 0.3) is 0 Å². The second-order valence-corrected chi connectivity index (χ2v) is 5.96. The molecule has 0 aliphatic carbocycles. The van der Waals surface area contributed by atoms with Crippen LogP contribution in [0.5, 0.6) is 0 Å². The summed E-state index contributed by atoms with van der Waals surface area (Å²) in [5.74, 6) is 0.733. The maximum absolute atomic E-state index is 3.69.